The Morgan fingerprint density at radius 1 is 0.952 bits per heavy atom. The molecule has 112 valence electrons. The van der Waals surface area contributed by atoms with E-state index in [0.29, 0.717) is 17.9 Å². The van der Waals surface area contributed by atoms with Crippen LogP contribution in [0.2, 0.25) is 0 Å². The zero-order chi connectivity index (χ0) is 15.3. The van der Waals surface area contributed by atoms with Gasteiger partial charge in [0.25, 0.3) is 0 Å². The summed E-state index contributed by atoms with van der Waals surface area (Å²) in [7, 11) is 0. The van der Waals surface area contributed by atoms with Crippen molar-refractivity contribution in [3.05, 3.63) is 65.7 Å². The van der Waals surface area contributed by atoms with Gasteiger partial charge in [-0.2, -0.15) is 13.2 Å². The van der Waals surface area contributed by atoms with Crippen molar-refractivity contribution in [2.45, 2.75) is 25.2 Å². The first-order valence-corrected chi connectivity index (χ1v) is 6.53. The highest BCUT2D eigenvalue weighted by Crippen LogP contribution is 2.28. The molecule has 0 heterocycles. The Hall–Kier alpha value is -2.01. The van der Waals surface area contributed by atoms with Gasteiger partial charge in [0.2, 0.25) is 0 Å². The summed E-state index contributed by atoms with van der Waals surface area (Å²) in [5.41, 5.74) is 7.00. The number of ether oxygens (including phenoxy) is 1. The van der Waals surface area contributed by atoms with Gasteiger partial charge in [-0.05, 0) is 23.3 Å². The predicted octanol–water partition coefficient (Wildman–Crippen LogP) is 4.22. The van der Waals surface area contributed by atoms with E-state index in [2.05, 4.69) is 0 Å². The Balaban J connectivity index is 1.93. The van der Waals surface area contributed by atoms with Crippen LogP contribution in [0.3, 0.4) is 0 Å². The Kier molecular flexibility index (Phi) is 4.85. The lowest BCUT2D eigenvalue weighted by molar-refractivity contribution is -0.138. The number of benzene rings is 2. The van der Waals surface area contributed by atoms with Crippen LogP contribution in [0.15, 0.2) is 54.6 Å². The Bertz CT molecular complexity index is 552. The smallest absolute Gasteiger partial charge is 0.390 e. The number of nitrogens with two attached hydrogens (primary N) is 1. The molecule has 0 amide bonds. The number of rotatable bonds is 5. The van der Waals surface area contributed by atoms with Crippen molar-refractivity contribution in [3.8, 4) is 5.75 Å². The van der Waals surface area contributed by atoms with Gasteiger partial charge in [0.05, 0.1) is 6.42 Å². The lowest BCUT2D eigenvalue weighted by atomic mass is 10.0. The number of hydrogen-bond acceptors (Lipinski definition) is 2. The van der Waals surface area contributed by atoms with Crippen molar-refractivity contribution in [1.29, 1.82) is 0 Å². The first-order chi connectivity index (χ1) is 9.94. The lowest BCUT2D eigenvalue weighted by Gasteiger charge is -2.15. The van der Waals surface area contributed by atoms with Gasteiger partial charge in [-0.15, -0.1) is 0 Å². The molecular weight excluding hydrogens is 279 g/mol. The van der Waals surface area contributed by atoms with Gasteiger partial charge in [-0.25, -0.2) is 0 Å². The van der Waals surface area contributed by atoms with Crippen molar-refractivity contribution in [3.63, 3.8) is 0 Å². The maximum absolute atomic E-state index is 12.3. The summed E-state index contributed by atoms with van der Waals surface area (Å²) in [4.78, 5) is 0. The fourth-order valence-corrected chi connectivity index (χ4v) is 1.92. The fourth-order valence-electron chi connectivity index (χ4n) is 1.92. The van der Waals surface area contributed by atoms with Crippen molar-refractivity contribution in [2.75, 3.05) is 0 Å². The molecule has 1 atom stereocenters. The minimum atomic E-state index is -4.26. The average Bonchev–Trinajstić information content (AvgIpc) is 2.45. The SMILES string of the molecule is N[C@@H](CC(F)(F)F)c1ccc(OCc2ccccc2)cc1. The summed E-state index contributed by atoms with van der Waals surface area (Å²) in [6.07, 6.45) is -5.29. The molecule has 0 aliphatic carbocycles. The van der Waals surface area contributed by atoms with Gasteiger partial charge in [0, 0.05) is 6.04 Å². The Morgan fingerprint density at radius 3 is 2.14 bits per heavy atom. The van der Waals surface area contributed by atoms with Gasteiger partial charge in [-0.1, -0.05) is 42.5 Å². The molecule has 0 aliphatic rings. The first-order valence-electron chi connectivity index (χ1n) is 6.53. The molecule has 0 saturated carbocycles. The van der Waals surface area contributed by atoms with E-state index in [0.717, 1.165) is 5.56 Å². The highest BCUT2D eigenvalue weighted by atomic mass is 19.4. The van der Waals surface area contributed by atoms with E-state index in [1.165, 1.54) is 0 Å². The minimum Gasteiger partial charge on any atom is -0.489 e. The van der Waals surface area contributed by atoms with Crippen LogP contribution in [-0.4, -0.2) is 6.18 Å². The van der Waals surface area contributed by atoms with Crippen molar-refractivity contribution < 1.29 is 17.9 Å². The molecule has 5 heteroatoms. The topological polar surface area (TPSA) is 35.2 Å². The average molecular weight is 295 g/mol. The van der Waals surface area contributed by atoms with Crippen molar-refractivity contribution in [2.24, 2.45) is 5.73 Å². The molecule has 0 fully saturated rings. The van der Waals surface area contributed by atoms with E-state index in [9.17, 15) is 13.2 Å². The standard InChI is InChI=1S/C16H16F3NO/c17-16(18,19)10-15(20)13-6-8-14(9-7-13)21-11-12-4-2-1-3-5-12/h1-9,15H,10-11,20H2/t15-/m0/s1. The van der Waals surface area contributed by atoms with Crippen molar-refractivity contribution in [1.82, 2.24) is 0 Å². The molecule has 2 aromatic rings. The third kappa shape index (κ3) is 5.11. The minimum absolute atomic E-state index is 0.411. The normalized spacial score (nSPS) is 13.0. The maximum Gasteiger partial charge on any atom is 0.390 e. The van der Waals surface area contributed by atoms with E-state index < -0.39 is 18.6 Å². The molecule has 0 saturated heterocycles. The van der Waals surface area contributed by atoms with E-state index in [4.69, 9.17) is 10.5 Å². The lowest BCUT2D eigenvalue weighted by Crippen LogP contribution is -2.20. The fraction of sp³-hybridized carbons (Fsp3) is 0.250. The van der Waals surface area contributed by atoms with Gasteiger partial charge in [0.1, 0.15) is 12.4 Å². The summed E-state index contributed by atoms with van der Waals surface area (Å²) in [6, 6.07) is 15.0. The molecule has 0 aliphatic heterocycles. The monoisotopic (exact) mass is 295 g/mol. The zero-order valence-electron chi connectivity index (χ0n) is 11.3. The quantitative estimate of drug-likeness (QED) is 0.896. The van der Waals surface area contributed by atoms with Crippen LogP contribution in [0, 0.1) is 0 Å². The second-order valence-electron chi connectivity index (χ2n) is 4.77. The maximum atomic E-state index is 12.3. The summed E-state index contributed by atoms with van der Waals surface area (Å²) < 4.78 is 42.4. The van der Waals surface area contributed by atoms with E-state index in [1.54, 1.807) is 24.3 Å². The van der Waals surface area contributed by atoms with E-state index in [-0.39, 0.29) is 0 Å². The number of alkyl halides is 3. The van der Waals surface area contributed by atoms with E-state index >= 15 is 0 Å². The molecule has 2 aromatic carbocycles. The van der Waals surface area contributed by atoms with E-state index in [1.807, 2.05) is 30.3 Å². The van der Waals surface area contributed by atoms with Crippen LogP contribution in [0.5, 0.6) is 5.75 Å². The molecule has 0 spiro atoms. The largest absolute Gasteiger partial charge is 0.489 e. The zero-order valence-corrected chi connectivity index (χ0v) is 11.3. The van der Waals surface area contributed by atoms with Gasteiger partial charge in [0.15, 0.2) is 0 Å². The van der Waals surface area contributed by atoms with Crippen LogP contribution >= 0.6 is 0 Å². The summed E-state index contributed by atoms with van der Waals surface area (Å²) in [5.74, 6) is 0.599. The van der Waals surface area contributed by atoms with Crippen LogP contribution in [0.25, 0.3) is 0 Å². The second kappa shape index (κ2) is 6.63. The third-order valence-corrected chi connectivity index (χ3v) is 3.01. The van der Waals surface area contributed by atoms with Gasteiger partial charge < -0.3 is 10.5 Å². The summed E-state index contributed by atoms with van der Waals surface area (Å²) >= 11 is 0. The van der Waals surface area contributed by atoms with Crippen LogP contribution in [0.4, 0.5) is 13.2 Å². The highest BCUT2D eigenvalue weighted by molar-refractivity contribution is 5.29. The Morgan fingerprint density at radius 2 is 1.57 bits per heavy atom. The van der Waals surface area contributed by atoms with Gasteiger partial charge >= 0.3 is 6.18 Å². The molecule has 0 aromatic heterocycles. The number of hydrogen-bond donors (Lipinski definition) is 1. The van der Waals surface area contributed by atoms with Crippen LogP contribution < -0.4 is 10.5 Å². The second-order valence-corrected chi connectivity index (χ2v) is 4.77. The van der Waals surface area contributed by atoms with Gasteiger partial charge in [-0.3, -0.25) is 0 Å². The van der Waals surface area contributed by atoms with Crippen LogP contribution in [0.1, 0.15) is 23.6 Å². The molecule has 21 heavy (non-hydrogen) atoms. The molecule has 0 radical (unpaired) electrons. The third-order valence-electron chi connectivity index (χ3n) is 3.01. The number of halogens is 3. The summed E-state index contributed by atoms with van der Waals surface area (Å²) in [6.45, 7) is 0.411. The Labute approximate surface area is 121 Å². The summed E-state index contributed by atoms with van der Waals surface area (Å²) in [5, 5.41) is 0. The predicted molar refractivity (Wildman–Crippen MR) is 74.8 cm³/mol. The first kappa shape index (κ1) is 15.4. The highest BCUT2D eigenvalue weighted by Gasteiger charge is 2.30. The van der Waals surface area contributed by atoms with Crippen LogP contribution in [-0.2, 0) is 6.61 Å². The molecule has 0 unspecified atom stereocenters. The molecule has 0 bridgehead atoms. The molecule has 2 nitrogen and oxygen atoms in total. The van der Waals surface area contributed by atoms with Crippen molar-refractivity contribution >= 4 is 0 Å². The molecular formula is C16H16F3NO. The molecule has 2 N–H and O–H groups in total. The molecule has 2 rings (SSSR count).